The fraction of sp³-hybridized carbons (Fsp3) is 0.444. The van der Waals surface area contributed by atoms with Gasteiger partial charge in [-0.15, -0.1) is 0 Å². The van der Waals surface area contributed by atoms with Crippen molar-refractivity contribution in [2.75, 3.05) is 17.2 Å². The van der Waals surface area contributed by atoms with Gasteiger partial charge in [-0.1, -0.05) is 49.7 Å². The van der Waals surface area contributed by atoms with Gasteiger partial charge in [-0.25, -0.2) is 4.98 Å². The molecule has 0 aliphatic heterocycles. The quantitative estimate of drug-likeness (QED) is 0.307. The van der Waals surface area contributed by atoms with Crippen LogP contribution in [0.1, 0.15) is 56.6 Å². The van der Waals surface area contributed by atoms with Crippen LogP contribution < -0.4 is 16.0 Å². The van der Waals surface area contributed by atoms with E-state index in [1.54, 1.807) is 0 Å². The van der Waals surface area contributed by atoms with Gasteiger partial charge in [-0.2, -0.15) is 4.98 Å². The highest BCUT2D eigenvalue weighted by molar-refractivity contribution is 5.73. The number of pyridine rings is 1. The lowest BCUT2D eigenvalue weighted by atomic mass is 9.93. The summed E-state index contributed by atoms with van der Waals surface area (Å²) < 4.78 is 0. The lowest BCUT2D eigenvalue weighted by molar-refractivity contribution is 0.126. The van der Waals surface area contributed by atoms with Crippen molar-refractivity contribution in [1.29, 1.82) is 0 Å². The smallest absolute Gasteiger partial charge is 0.224 e. The SMILES string of the molecule is CCCCNc1ncc(-c2ccc(CNCc3ccccc3)cn2)c(N[C@H]2CC[C@H](O)CC2)n1. The first-order valence-electron chi connectivity index (χ1n) is 12.5. The Labute approximate surface area is 202 Å². The molecule has 1 fully saturated rings. The van der Waals surface area contributed by atoms with Crippen LogP contribution >= 0.6 is 0 Å². The average molecular weight is 461 g/mol. The maximum atomic E-state index is 9.86. The third-order valence-electron chi connectivity index (χ3n) is 6.24. The summed E-state index contributed by atoms with van der Waals surface area (Å²) in [7, 11) is 0. The first-order chi connectivity index (χ1) is 16.7. The van der Waals surface area contributed by atoms with Crippen LogP contribution in [-0.2, 0) is 13.1 Å². The molecule has 2 aromatic heterocycles. The van der Waals surface area contributed by atoms with Crippen LogP contribution in [0.4, 0.5) is 11.8 Å². The summed E-state index contributed by atoms with van der Waals surface area (Å²) in [5.41, 5.74) is 4.15. The fourth-order valence-electron chi connectivity index (χ4n) is 4.19. The highest BCUT2D eigenvalue weighted by atomic mass is 16.3. The van der Waals surface area contributed by atoms with Gasteiger partial charge in [-0.05, 0) is 49.3 Å². The lowest BCUT2D eigenvalue weighted by Crippen LogP contribution is -2.29. The summed E-state index contributed by atoms with van der Waals surface area (Å²) in [5, 5.41) is 20.3. The van der Waals surface area contributed by atoms with E-state index in [0.717, 1.165) is 80.8 Å². The van der Waals surface area contributed by atoms with Crippen molar-refractivity contribution in [2.45, 2.75) is 70.7 Å². The Morgan fingerprint density at radius 3 is 2.44 bits per heavy atom. The first kappa shape index (κ1) is 24.1. The first-order valence-corrected chi connectivity index (χ1v) is 12.5. The number of hydrogen-bond donors (Lipinski definition) is 4. The summed E-state index contributed by atoms with van der Waals surface area (Å²) in [4.78, 5) is 14.1. The normalized spacial score (nSPS) is 17.9. The number of aliphatic hydroxyl groups excluding tert-OH is 1. The van der Waals surface area contributed by atoms with Gasteiger partial charge < -0.3 is 21.1 Å². The van der Waals surface area contributed by atoms with Crippen molar-refractivity contribution in [3.8, 4) is 11.3 Å². The van der Waals surface area contributed by atoms with Crippen LogP contribution in [0.3, 0.4) is 0 Å². The van der Waals surface area contributed by atoms with Crippen LogP contribution in [0.5, 0.6) is 0 Å². The van der Waals surface area contributed by atoms with Gasteiger partial charge in [0.25, 0.3) is 0 Å². The Bertz CT molecular complexity index is 1000. The minimum absolute atomic E-state index is 0.182. The van der Waals surface area contributed by atoms with Crippen LogP contribution in [0.15, 0.2) is 54.9 Å². The minimum atomic E-state index is -0.182. The third-order valence-corrected chi connectivity index (χ3v) is 6.24. The Balaban J connectivity index is 1.45. The van der Waals surface area contributed by atoms with Crippen molar-refractivity contribution in [1.82, 2.24) is 20.3 Å². The van der Waals surface area contributed by atoms with Crippen molar-refractivity contribution in [2.24, 2.45) is 0 Å². The van der Waals surface area contributed by atoms with E-state index in [1.165, 1.54) is 5.56 Å². The summed E-state index contributed by atoms with van der Waals surface area (Å²) in [6.45, 7) is 4.61. The number of unbranched alkanes of at least 4 members (excludes halogenated alkanes) is 1. The Morgan fingerprint density at radius 2 is 1.71 bits per heavy atom. The van der Waals surface area contributed by atoms with E-state index < -0.39 is 0 Å². The van der Waals surface area contributed by atoms with Gasteiger partial charge in [0.05, 0.1) is 17.4 Å². The molecule has 180 valence electrons. The fourth-order valence-corrected chi connectivity index (χ4v) is 4.19. The van der Waals surface area contributed by atoms with E-state index in [0.29, 0.717) is 12.0 Å². The second-order valence-corrected chi connectivity index (χ2v) is 9.03. The number of aliphatic hydroxyl groups is 1. The molecule has 2 heterocycles. The largest absolute Gasteiger partial charge is 0.393 e. The molecule has 0 amide bonds. The number of hydrogen-bond acceptors (Lipinski definition) is 7. The van der Waals surface area contributed by atoms with Gasteiger partial charge in [0.15, 0.2) is 0 Å². The Kier molecular flexibility index (Phi) is 8.82. The number of nitrogens with zero attached hydrogens (tertiary/aromatic N) is 3. The van der Waals surface area contributed by atoms with E-state index in [4.69, 9.17) is 9.97 Å². The van der Waals surface area contributed by atoms with Crippen molar-refractivity contribution < 1.29 is 5.11 Å². The molecule has 4 rings (SSSR count). The highest BCUT2D eigenvalue weighted by Crippen LogP contribution is 2.29. The highest BCUT2D eigenvalue weighted by Gasteiger charge is 2.21. The van der Waals surface area contributed by atoms with Gasteiger partial charge in [0.1, 0.15) is 5.82 Å². The van der Waals surface area contributed by atoms with Gasteiger partial charge in [-0.3, -0.25) is 4.98 Å². The summed E-state index contributed by atoms with van der Waals surface area (Å²) in [6.07, 6.45) is 9.31. The molecule has 7 heteroatoms. The second kappa shape index (κ2) is 12.4. The van der Waals surface area contributed by atoms with E-state index in [-0.39, 0.29) is 6.10 Å². The van der Waals surface area contributed by atoms with Gasteiger partial charge in [0.2, 0.25) is 5.95 Å². The summed E-state index contributed by atoms with van der Waals surface area (Å²) in [6, 6.07) is 14.8. The molecular formula is C27H36N6O. The molecular weight excluding hydrogens is 424 g/mol. The zero-order valence-corrected chi connectivity index (χ0v) is 20.0. The number of rotatable bonds is 11. The predicted octanol–water partition coefficient (Wildman–Crippen LogP) is 4.76. The van der Waals surface area contributed by atoms with E-state index in [1.807, 2.05) is 24.5 Å². The molecule has 34 heavy (non-hydrogen) atoms. The third kappa shape index (κ3) is 6.98. The second-order valence-electron chi connectivity index (χ2n) is 9.03. The topological polar surface area (TPSA) is 95.0 Å². The number of benzene rings is 1. The van der Waals surface area contributed by atoms with E-state index in [2.05, 4.69) is 58.2 Å². The molecule has 1 saturated carbocycles. The molecule has 0 bridgehead atoms. The molecule has 0 spiro atoms. The predicted molar refractivity (Wildman–Crippen MR) is 138 cm³/mol. The molecule has 1 aromatic carbocycles. The maximum absolute atomic E-state index is 9.86. The van der Waals surface area contributed by atoms with Gasteiger partial charge >= 0.3 is 0 Å². The molecule has 7 nitrogen and oxygen atoms in total. The number of nitrogens with one attached hydrogen (secondary N) is 3. The van der Waals surface area contributed by atoms with Crippen LogP contribution in [0.25, 0.3) is 11.3 Å². The molecule has 0 saturated heterocycles. The minimum Gasteiger partial charge on any atom is -0.393 e. The molecule has 1 aliphatic carbocycles. The molecule has 1 aliphatic rings. The van der Waals surface area contributed by atoms with Crippen molar-refractivity contribution >= 4 is 11.8 Å². The van der Waals surface area contributed by atoms with E-state index in [9.17, 15) is 5.11 Å². The Hall–Kier alpha value is -3.03. The van der Waals surface area contributed by atoms with Crippen LogP contribution in [0, 0.1) is 0 Å². The van der Waals surface area contributed by atoms with Crippen molar-refractivity contribution in [3.63, 3.8) is 0 Å². The van der Waals surface area contributed by atoms with Crippen LogP contribution in [0.2, 0.25) is 0 Å². The molecule has 0 radical (unpaired) electrons. The molecule has 3 aromatic rings. The zero-order valence-electron chi connectivity index (χ0n) is 20.0. The maximum Gasteiger partial charge on any atom is 0.224 e. The molecule has 0 atom stereocenters. The van der Waals surface area contributed by atoms with Gasteiger partial charge in [0, 0.05) is 38.1 Å². The van der Waals surface area contributed by atoms with E-state index >= 15 is 0 Å². The molecule has 4 N–H and O–H groups in total. The Morgan fingerprint density at radius 1 is 0.912 bits per heavy atom. The lowest BCUT2D eigenvalue weighted by Gasteiger charge is -2.27. The monoisotopic (exact) mass is 460 g/mol. The standard InChI is InChI=1S/C27H36N6O/c1-2-3-15-29-27-31-19-24(26(33-27)32-22-10-12-23(34)13-11-22)25-14-9-21(18-30-25)17-28-16-20-7-5-4-6-8-20/h4-9,14,18-19,22-23,28,34H,2-3,10-13,15-17H2,1H3,(H2,29,31,32,33)/t22-,23-. The number of anilines is 2. The van der Waals surface area contributed by atoms with Crippen LogP contribution in [-0.4, -0.2) is 38.7 Å². The van der Waals surface area contributed by atoms with Crippen molar-refractivity contribution in [3.05, 3.63) is 66.0 Å². The number of aromatic nitrogens is 3. The molecule has 0 unspecified atom stereocenters. The summed E-state index contributed by atoms with van der Waals surface area (Å²) >= 11 is 0. The average Bonchev–Trinajstić information content (AvgIpc) is 2.87. The summed E-state index contributed by atoms with van der Waals surface area (Å²) in [5.74, 6) is 1.44. The zero-order chi connectivity index (χ0) is 23.6.